The van der Waals surface area contributed by atoms with Crippen LogP contribution in [0.25, 0.3) is 0 Å². The number of hydrogen-bond acceptors (Lipinski definition) is 4. The maximum absolute atomic E-state index is 10.0. The van der Waals surface area contributed by atoms with Gasteiger partial charge in [-0.15, -0.1) is 11.3 Å². The summed E-state index contributed by atoms with van der Waals surface area (Å²) < 4.78 is 0. The summed E-state index contributed by atoms with van der Waals surface area (Å²) >= 11 is 1.60. The molecule has 0 saturated carbocycles. The van der Waals surface area contributed by atoms with Gasteiger partial charge in [-0.25, -0.2) is 0 Å². The quantitative estimate of drug-likeness (QED) is 0.844. The van der Waals surface area contributed by atoms with Crippen LogP contribution in [-0.4, -0.2) is 15.1 Å². The van der Waals surface area contributed by atoms with Crippen molar-refractivity contribution >= 4 is 11.3 Å². The SMILES string of the molecule is Cc1cc(C(O)c2cnccn2)sc1C. The van der Waals surface area contributed by atoms with Crippen LogP contribution in [0.4, 0.5) is 0 Å². The third-order valence-corrected chi connectivity index (χ3v) is 3.52. The standard InChI is InChI=1S/C11H12N2OS/c1-7-5-10(15-8(7)2)11(14)9-6-12-3-4-13-9/h3-6,11,14H,1-2H3. The fourth-order valence-electron chi connectivity index (χ4n) is 1.33. The van der Waals surface area contributed by atoms with Crippen molar-refractivity contribution in [3.05, 3.63) is 45.7 Å². The summed E-state index contributed by atoms with van der Waals surface area (Å²) in [5.41, 5.74) is 1.80. The van der Waals surface area contributed by atoms with Crippen LogP contribution in [0.2, 0.25) is 0 Å². The molecule has 1 N–H and O–H groups in total. The van der Waals surface area contributed by atoms with Gasteiger partial charge in [0.2, 0.25) is 0 Å². The van der Waals surface area contributed by atoms with E-state index in [0.717, 1.165) is 4.88 Å². The Hall–Kier alpha value is -1.26. The molecule has 1 atom stereocenters. The van der Waals surface area contributed by atoms with Crippen molar-refractivity contribution in [1.29, 1.82) is 0 Å². The van der Waals surface area contributed by atoms with E-state index in [-0.39, 0.29) is 0 Å². The van der Waals surface area contributed by atoms with Crippen LogP contribution >= 0.6 is 11.3 Å². The number of aliphatic hydroxyl groups excluding tert-OH is 1. The largest absolute Gasteiger partial charge is 0.381 e. The first-order chi connectivity index (χ1) is 7.18. The normalized spacial score (nSPS) is 12.7. The Balaban J connectivity index is 2.32. The first-order valence-electron chi connectivity index (χ1n) is 4.69. The Morgan fingerprint density at radius 1 is 1.33 bits per heavy atom. The molecule has 4 heteroatoms. The van der Waals surface area contributed by atoms with Crippen molar-refractivity contribution in [2.45, 2.75) is 20.0 Å². The van der Waals surface area contributed by atoms with E-state index in [2.05, 4.69) is 9.97 Å². The highest BCUT2D eigenvalue weighted by atomic mass is 32.1. The van der Waals surface area contributed by atoms with Crippen LogP contribution in [0.3, 0.4) is 0 Å². The third kappa shape index (κ3) is 2.06. The lowest BCUT2D eigenvalue weighted by atomic mass is 10.2. The third-order valence-electron chi connectivity index (χ3n) is 2.32. The van der Waals surface area contributed by atoms with Crippen LogP contribution < -0.4 is 0 Å². The van der Waals surface area contributed by atoms with E-state index in [1.54, 1.807) is 29.9 Å². The highest BCUT2D eigenvalue weighted by Crippen LogP contribution is 2.29. The molecule has 0 saturated heterocycles. The second kappa shape index (κ2) is 4.08. The first kappa shape index (κ1) is 10.3. The molecule has 0 aliphatic carbocycles. The maximum Gasteiger partial charge on any atom is 0.132 e. The molecular weight excluding hydrogens is 208 g/mol. The van der Waals surface area contributed by atoms with Gasteiger partial charge in [-0.2, -0.15) is 0 Å². The van der Waals surface area contributed by atoms with Crippen LogP contribution in [0, 0.1) is 13.8 Å². The predicted octanol–water partition coefficient (Wildman–Crippen LogP) is 2.24. The predicted molar refractivity (Wildman–Crippen MR) is 59.9 cm³/mol. The highest BCUT2D eigenvalue weighted by Gasteiger charge is 2.14. The van der Waals surface area contributed by atoms with Crippen molar-refractivity contribution in [2.24, 2.45) is 0 Å². The van der Waals surface area contributed by atoms with Crippen molar-refractivity contribution in [2.75, 3.05) is 0 Å². The second-order valence-electron chi connectivity index (χ2n) is 3.42. The number of nitrogens with zero attached hydrogens (tertiary/aromatic N) is 2. The molecule has 0 fully saturated rings. The minimum atomic E-state index is -0.656. The van der Waals surface area contributed by atoms with Gasteiger partial charge < -0.3 is 5.11 Å². The fourth-order valence-corrected chi connectivity index (χ4v) is 2.38. The molecule has 0 aromatic carbocycles. The Labute approximate surface area is 92.5 Å². The van der Waals surface area contributed by atoms with Gasteiger partial charge in [0.05, 0.1) is 11.9 Å². The Bertz CT molecular complexity index is 433. The van der Waals surface area contributed by atoms with Crippen LogP contribution in [0.5, 0.6) is 0 Å². The Morgan fingerprint density at radius 2 is 2.13 bits per heavy atom. The van der Waals surface area contributed by atoms with Crippen LogP contribution in [0.1, 0.15) is 27.1 Å². The molecule has 15 heavy (non-hydrogen) atoms. The highest BCUT2D eigenvalue weighted by molar-refractivity contribution is 7.12. The number of aromatic nitrogens is 2. The molecule has 0 aliphatic rings. The van der Waals surface area contributed by atoms with E-state index >= 15 is 0 Å². The molecule has 0 amide bonds. The van der Waals surface area contributed by atoms with Gasteiger partial charge in [-0.3, -0.25) is 9.97 Å². The lowest BCUT2D eigenvalue weighted by Crippen LogP contribution is -2.00. The van der Waals surface area contributed by atoms with E-state index in [0.29, 0.717) is 5.69 Å². The molecule has 78 valence electrons. The van der Waals surface area contributed by atoms with E-state index in [9.17, 15) is 5.11 Å². The number of aliphatic hydroxyl groups is 1. The molecule has 3 nitrogen and oxygen atoms in total. The monoisotopic (exact) mass is 220 g/mol. The zero-order chi connectivity index (χ0) is 10.8. The number of thiophene rings is 1. The fraction of sp³-hybridized carbons (Fsp3) is 0.273. The molecule has 2 heterocycles. The second-order valence-corrected chi connectivity index (χ2v) is 4.71. The van der Waals surface area contributed by atoms with E-state index < -0.39 is 6.10 Å². The topological polar surface area (TPSA) is 46.0 Å². The summed E-state index contributed by atoms with van der Waals surface area (Å²) in [6.07, 6.45) is 4.12. The van der Waals surface area contributed by atoms with Gasteiger partial charge in [0.15, 0.2) is 0 Å². The minimum absolute atomic E-state index is 0.596. The minimum Gasteiger partial charge on any atom is -0.381 e. The Kier molecular flexibility index (Phi) is 2.79. The van der Waals surface area contributed by atoms with Gasteiger partial charge >= 0.3 is 0 Å². The molecule has 2 aromatic heterocycles. The summed E-state index contributed by atoms with van der Waals surface area (Å²) in [4.78, 5) is 10.2. The molecule has 0 radical (unpaired) electrons. The molecular formula is C11H12N2OS. The van der Waals surface area contributed by atoms with Gasteiger partial charge in [0, 0.05) is 22.1 Å². The average Bonchev–Trinajstić information content (AvgIpc) is 2.59. The molecule has 2 aromatic rings. The van der Waals surface area contributed by atoms with E-state index in [4.69, 9.17) is 0 Å². The van der Waals surface area contributed by atoms with E-state index in [1.165, 1.54) is 10.4 Å². The number of rotatable bonds is 2. The molecule has 2 rings (SSSR count). The van der Waals surface area contributed by atoms with Gasteiger partial charge in [-0.1, -0.05) is 0 Å². The number of aryl methyl sites for hydroxylation is 2. The maximum atomic E-state index is 10.0. The van der Waals surface area contributed by atoms with Crippen LogP contribution in [0.15, 0.2) is 24.7 Å². The Morgan fingerprint density at radius 3 is 2.67 bits per heavy atom. The van der Waals surface area contributed by atoms with E-state index in [1.807, 2.05) is 19.9 Å². The molecule has 0 spiro atoms. The van der Waals surface area contributed by atoms with Gasteiger partial charge in [-0.05, 0) is 25.5 Å². The lowest BCUT2D eigenvalue weighted by Gasteiger charge is -2.05. The lowest BCUT2D eigenvalue weighted by molar-refractivity contribution is 0.218. The molecule has 0 bridgehead atoms. The summed E-state index contributed by atoms with van der Waals surface area (Å²) in [6, 6.07) is 2.00. The van der Waals surface area contributed by atoms with Crippen molar-refractivity contribution in [3.8, 4) is 0 Å². The summed E-state index contributed by atoms with van der Waals surface area (Å²) in [5, 5.41) is 10.0. The summed E-state index contributed by atoms with van der Waals surface area (Å²) in [5.74, 6) is 0. The van der Waals surface area contributed by atoms with Crippen molar-refractivity contribution in [3.63, 3.8) is 0 Å². The summed E-state index contributed by atoms with van der Waals surface area (Å²) in [6.45, 7) is 4.09. The molecule has 1 unspecified atom stereocenters. The van der Waals surface area contributed by atoms with Crippen molar-refractivity contribution in [1.82, 2.24) is 9.97 Å². The van der Waals surface area contributed by atoms with Gasteiger partial charge in [0.1, 0.15) is 6.10 Å². The summed E-state index contributed by atoms with van der Waals surface area (Å²) in [7, 11) is 0. The zero-order valence-electron chi connectivity index (χ0n) is 8.64. The first-order valence-corrected chi connectivity index (χ1v) is 5.51. The smallest absolute Gasteiger partial charge is 0.132 e. The molecule has 0 aliphatic heterocycles. The average molecular weight is 220 g/mol. The van der Waals surface area contributed by atoms with Gasteiger partial charge in [0.25, 0.3) is 0 Å². The van der Waals surface area contributed by atoms with Crippen LogP contribution in [-0.2, 0) is 0 Å². The number of hydrogen-bond donors (Lipinski definition) is 1. The zero-order valence-corrected chi connectivity index (χ0v) is 9.45. The van der Waals surface area contributed by atoms with Crippen molar-refractivity contribution < 1.29 is 5.11 Å².